The van der Waals surface area contributed by atoms with Crippen LogP contribution in [0.15, 0.2) is 18.2 Å². The molecule has 2 rings (SSSR count). The van der Waals surface area contributed by atoms with Crippen molar-refractivity contribution < 1.29 is 10.2 Å². The van der Waals surface area contributed by atoms with E-state index in [0.717, 1.165) is 24.6 Å². The molecule has 112 valence electrons. The fraction of sp³-hybridized carbons (Fsp3) is 0.647. The van der Waals surface area contributed by atoms with Crippen molar-refractivity contribution in [2.24, 2.45) is 5.92 Å². The molecule has 1 aliphatic heterocycles. The molecule has 0 aromatic heterocycles. The summed E-state index contributed by atoms with van der Waals surface area (Å²) < 4.78 is 0. The van der Waals surface area contributed by atoms with Crippen molar-refractivity contribution in [1.82, 2.24) is 4.90 Å². The average molecular weight is 277 g/mol. The van der Waals surface area contributed by atoms with Gasteiger partial charge in [-0.25, -0.2) is 0 Å². The lowest BCUT2D eigenvalue weighted by atomic mass is 9.96. The lowest BCUT2D eigenvalue weighted by molar-refractivity contribution is 0.215. The smallest absolute Gasteiger partial charge is 0.119 e. The van der Waals surface area contributed by atoms with Crippen LogP contribution in [0.25, 0.3) is 0 Å². The van der Waals surface area contributed by atoms with Crippen molar-refractivity contribution in [2.75, 3.05) is 13.1 Å². The van der Waals surface area contributed by atoms with Gasteiger partial charge in [0.15, 0.2) is 0 Å². The van der Waals surface area contributed by atoms with Gasteiger partial charge in [0.1, 0.15) is 11.5 Å². The zero-order valence-corrected chi connectivity index (χ0v) is 12.7. The summed E-state index contributed by atoms with van der Waals surface area (Å²) in [6.07, 6.45) is 6.47. The van der Waals surface area contributed by atoms with Gasteiger partial charge in [-0.1, -0.05) is 19.8 Å². The maximum atomic E-state index is 9.63. The molecule has 3 nitrogen and oxygen atoms in total. The van der Waals surface area contributed by atoms with E-state index in [1.54, 1.807) is 12.1 Å². The Morgan fingerprint density at radius 1 is 1.15 bits per heavy atom. The van der Waals surface area contributed by atoms with Crippen LogP contribution in [0, 0.1) is 5.92 Å². The van der Waals surface area contributed by atoms with E-state index in [4.69, 9.17) is 0 Å². The van der Waals surface area contributed by atoms with Crippen molar-refractivity contribution in [3.63, 3.8) is 0 Å². The molecule has 1 saturated heterocycles. The van der Waals surface area contributed by atoms with Gasteiger partial charge in [0.25, 0.3) is 0 Å². The number of nitrogens with zero attached hydrogens (tertiary/aromatic N) is 1. The minimum Gasteiger partial charge on any atom is -0.508 e. The highest BCUT2D eigenvalue weighted by molar-refractivity contribution is 5.38. The van der Waals surface area contributed by atoms with Crippen molar-refractivity contribution in [3.05, 3.63) is 23.8 Å². The van der Waals surface area contributed by atoms with Crippen LogP contribution in [-0.2, 0) is 0 Å². The summed E-state index contributed by atoms with van der Waals surface area (Å²) in [5.41, 5.74) is 0.997. The van der Waals surface area contributed by atoms with Crippen LogP contribution in [0.4, 0.5) is 0 Å². The number of benzene rings is 1. The molecule has 0 amide bonds. The molecule has 1 aromatic rings. The largest absolute Gasteiger partial charge is 0.508 e. The Kier molecular flexibility index (Phi) is 5.30. The Bertz CT molecular complexity index is 413. The van der Waals surface area contributed by atoms with Gasteiger partial charge in [-0.3, -0.25) is 4.90 Å². The van der Waals surface area contributed by atoms with Gasteiger partial charge >= 0.3 is 0 Å². The van der Waals surface area contributed by atoms with Gasteiger partial charge in [-0.15, -0.1) is 0 Å². The lowest BCUT2D eigenvalue weighted by Crippen LogP contribution is -2.28. The Morgan fingerprint density at radius 3 is 2.50 bits per heavy atom. The molecule has 1 fully saturated rings. The Morgan fingerprint density at radius 2 is 1.85 bits per heavy atom. The molecule has 0 radical (unpaired) electrons. The normalized spacial score (nSPS) is 22.4. The fourth-order valence-corrected chi connectivity index (χ4v) is 3.34. The number of hydrogen-bond acceptors (Lipinski definition) is 3. The maximum absolute atomic E-state index is 9.63. The van der Waals surface area contributed by atoms with Crippen LogP contribution in [-0.4, -0.2) is 28.2 Å². The second-order valence-electron chi connectivity index (χ2n) is 6.08. The Balaban J connectivity index is 2.03. The second kappa shape index (κ2) is 6.98. The average Bonchev–Trinajstić information content (AvgIpc) is 2.63. The molecule has 0 aliphatic carbocycles. The number of hydrogen-bond donors (Lipinski definition) is 2. The molecular formula is C17H27NO2. The minimum absolute atomic E-state index is 0.144. The van der Waals surface area contributed by atoms with Crippen LogP contribution in [0.1, 0.15) is 57.6 Å². The highest BCUT2D eigenvalue weighted by atomic mass is 16.3. The summed E-state index contributed by atoms with van der Waals surface area (Å²) in [6, 6.07) is 5.15. The van der Waals surface area contributed by atoms with Gasteiger partial charge < -0.3 is 10.2 Å². The van der Waals surface area contributed by atoms with Crippen LogP contribution in [0.2, 0.25) is 0 Å². The molecule has 0 bridgehead atoms. The number of likely N-dealkylation sites (tertiary alicyclic amines) is 1. The van der Waals surface area contributed by atoms with Crippen LogP contribution < -0.4 is 0 Å². The zero-order chi connectivity index (χ0) is 14.5. The SMILES string of the molecule is CCCC1CCCN(C(C)c2cc(O)cc(O)c2)CC1. The standard InChI is InChI=1S/C17H27NO2/c1-3-5-14-6-4-8-18(9-7-14)13(2)15-10-16(19)12-17(20)11-15/h10-14,19-20H,3-9H2,1-2H3. The van der Waals surface area contributed by atoms with E-state index in [-0.39, 0.29) is 17.5 Å². The van der Waals surface area contributed by atoms with Gasteiger partial charge in [-0.05, 0) is 62.9 Å². The Hall–Kier alpha value is -1.22. The summed E-state index contributed by atoms with van der Waals surface area (Å²) in [6.45, 7) is 6.65. The molecule has 3 heteroatoms. The third-order valence-electron chi connectivity index (χ3n) is 4.53. The minimum atomic E-state index is 0.144. The fourth-order valence-electron chi connectivity index (χ4n) is 3.34. The molecule has 20 heavy (non-hydrogen) atoms. The first-order valence-corrected chi connectivity index (χ1v) is 7.87. The third kappa shape index (κ3) is 3.89. The Labute approximate surface area is 122 Å². The number of phenols is 2. The molecule has 2 atom stereocenters. The van der Waals surface area contributed by atoms with E-state index in [2.05, 4.69) is 18.7 Å². The highest BCUT2D eigenvalue weighted by Gasteiger charge is 2.21. The van der Waals surface area contributed by atoms with E-state index in [1.165, 1.54) is 38.2 Å². The van der Waals surface area contributed by atoms with Crippen LogP contribution >= 0.6 is 0 Å². The maximum Gasteiger partial charge on any atom is 0.119 e. The molecule has 0 saturated carbocycles. The molecule has 1 aromatic carbocycles. The summed E-state index contributed by atoms with van der Waals surface area (Å²) in [4.78, 5) is 2.48. The van der Waals surface area contributed by atoms with Gasteiger partial charge in [0, 0.05) is 12.1 Å². The summed E-state index contributed by atoms with van der Waals surface area (Å²) in [5, 5.41) is 19.3. The van der Waals surface area contributed by atoms with Crippen LogP contribution in [0.5, 0.6) is 11.5 Å². The number of rotatable bonds is 4. The highest BCUT2D eigenvalue weighted by Crippen LogP contribution is 2.31. The summed E-state index contributed by atoms with van der Waals surface area (Å²) in [7, 11) is 0. The molecule has 2 N–H and O–H groups in total. The molecule has 1 aliphatic rings. The molecular weight excluding hydrogens is 250 g/mol. The van der Waals surface area contributed by atoms with E-state index in [0.29, 0.717) is 0 Å². The molecule has 1 heterocycles. The van der Waals surface area contributed by atoms with Gasteiger partial charge in [-0.2, -0.15) is 0 Å². The second-order valence-corrected chi connectivity index (χ2v) is 6.08. The summed E-state index contributed by atoms with van der Waals surface area (Å²) >= 11 is 0. The quantitative estimate of drug-likeness (QED) is 0.872. The summed E-state index contributed by atoms with van der Waals surface area (Å²) in [5.74, 6) is 1.16. The monoisotopic (exact) mass is 277 g/mol. The van der Waals surface area contributed by atoms with Crippen molar-refractivity contribution >= 4 is 0 Å². The zero-order valence-electron chi connectivity index (χ0n) is 12.7. The van der Waals surface area contributed by atoms with Gasteiger partial charge in [0.2, 0.25) is 0 Å². The van der Waals surface area contributed by atoms with Gasteiger partial charge in [0.05, 0.1) is 0 Å². The topological polar surface area (TPSA) is 43.7 Å². The van der Waals surface area contributed by atoms with Crippen LogP contribution in [0.3, 0.4) is 0 Å². The van der Waals surface area contributed by atoms with Crippen molar-refractivity contribution in [1.29, 1.82) is 0 Å². The lowest BCUT2D eigenvalue weighted by Gasteiger charge is -2.28. The predicted molar refractivity (Wildman–Crippen MR) is 82.0 cm³/mol. The predicted octanol–water partition coefficient (Wildman–Crippen LogP) is 4.06. The van der Waals surface area contributed by atoms with E-state index in [1.807, 2.05) is 0 Å². The van der Waals surface area contributed by atoms with Crippen molar-refractivity contribution in [2.45, 2.75) is 52.0 Å². The number of aromatic hydroxyl groups is 2. The molecule has 0 spiro atoms. The van der Waals surface area contributed by atoms with E-state index >= 15 is 0 Å². The first-order chi connectivity index (χ1) is 9.60. The first kappa shape index (κ1) is 15.2. The number of phenolic OH excluding ortho intramolecular Hbond substituents is 2. The van der Waals surface area contributed by atoms with E-state index in [9.17, 15) is 10.2 Å². The molecule has 2 unspecified atom stereocenters. The first-order valence-electron chi connectivity index (χ1n) is 7.87. The third-order valence-corrected chi connectivity index (χ3v) is 4.53. The van der Waals surface area contributed by atoms with E-state index < -0.39 is 0 Å². The van der Waals surface area contributed by atoms with Crippen molar-refractivity contribution in [3.8, 4) is 11.5 Å².